The first-order valence-electron chi connectivity index (χ1n) is 5.09. The molecule has 0 fully saturated rings. The molecule has 0 saturated heterocycles. The molecule has 2 aromatic heterocycles. The number of H-pyrrole nitrogens is 1. The van der Waals surface area contributed by atoms with Crippen LogP contribution < -0.4 is 4.90 Å². The van der Waals surface area contributed by atoms with E-state index in [2.05, 4.69) is 46.5 Å². The van der Waals surface area contributed by atoms with Crippen molar-refractivity contribution >= 4 is 21.9 Å². The van der Waals surface area contributed by atoms with E-state index in [1.54, 1.807) is 12.4 Å². The summed E-state index contributed by atoms with van der Waals surface area (Å²) in [4.78, 5) is 10.4. The average molecular weight is 298 g/mol. The highest BCUT2D eigenvalue weighted by molar-refractivity contribution is 9.10. The SMILES string of the molecule is C[C@H](CN(C)c1ncc(Br)cn1)c1nn[nH]n1. The van der Waals surface area contributed by atoms with E-state index in [9.17, 15) is 0 Å². The van der Waals surface area contributed by atoms with Crippen LogP contribution in [0.25, 0.3) is 0 Å². The van der Waals surface area contributed by atoms with E-state index in [-0.39, 0.29) is 5.92 Å². The van der Waals surface area contributed by atoms with Crippen LogP contribution in [0.5, 0.6) is 0 Å². The number of hydrogen-bond acceptors (Lipinski definition) is 6. The molecule has 2 heterocycles. The summed E-state index contributed by atoms with van der Waals surface area (Å²) in [6, 6.07) is 0. The highest BCUT2D eigenvalue weighted by Gasteiger charge is 2.14. The van der Waals surface area contributed by atoms with E-state index in [1.807, 2.05) is 18.9 Å². The maximum absolute atomic E-state index is 4.22. The summed E-state index contributed by atoms with van der Waals surface area (Å²) in [7, 11) is 1.93. The number of tetrazole rings is 1. The van der Waals surface area contributed by atoms with Crippen LogP contribution in [0, 0.1) is 0 Å². The Bertz CT molecular complexity index is 455. The van der Waals surface area contributed by atoms with Gasteiger partial charge in [-0.05, 0) is 15.9 Å². The van der Waals surface area contributed by atoms with Gasteiger partial charge in [-0.25, -0.2) is 9.97 Å². The van der Waals surface area contributed by atoms with Gasteiger partial charge in [0.25, 0.3) is 0 Å². The van der Waals surface area contributed by atoms with Gasteiger partial charge in [-0.2, -0.15) is 5.21 Å². The van der Waals surface area contributed by atoms with Gasteiger partial charge in [-0.15, -0.1) is 10.2 Å². The van der Waals surface area contributed by atoms with Gasteiger partial charge < -0.3 is 4.90 Å². The Hall–Kier alpha value is -1.57. The minimum atomic E-state index is 0.158. The quantitative estimate of drug-likeness (QED) is 0.906. The van der Waals surface area contributed by atoms with Gasteiger partial charge in [-0.3, -0.25) is 0 Å². The van der Waals surface area contributed by atoms with Crippen molar-refractivity contribution < 1.29 is 0 Å². The molecule has 0 radical (unpaired) electrons. The lowest BCUT2D eigenvalue weighted by atomic mass is 10.1. The van der Waals surface area contributed by atoms with Crippen molar-refractivity contribution in [2.45, 2.75) is 12.8 Å². The molecule has 0 aliphatic carbocycles. The van der Waals surface area contributed by atoms with Crippen LogP contribution in [-0.4, -0.2) is 44.2 Å². The molecular weight excluding hydrogens is 286 g/mol. The highest BCUT2D eigenvalue weighted by Crippen LogP contribution is 2.14. The molecule has 0 saturated carbocycles. The normalized spacial score (nSPS) is 12.4. The van der Waals surface area contributed by atoms with Gasteiger partial charge >= 0.3 is 0 Å². The maximum Gasteiger partial charge on any atom is 0.225 e. The van der Waals surface area contributed by atoms with Crippen molar-refractivity contribution in [3.63, 3.8) is 0 Å². The highest BCUT2D eigenvalue weighted by atomic mass is 79.9. The molecule has 0 aliphatic heterocycles. The second kappa shape index (κ2) is 5.17. The van der Waals surface area contributed by atoms with Crippen LogP contribution in [0.1, 0.15) is 18.7 Å². The fourth-order valence-corrected chi connectivity index (χ4v) is 1.66. The first-order chi connectivity index (χ1) is 8.16. The van der Waals surface area contributed by atoms with Crippen LogP contribution in [0.4, 0.5) is 5.95 Å². The standard InChI is InChI=1S/C9H12BrN7/c1-6(8-13-15-16-14-8)5-17(2)9-11-3-7(10)4-12-9/h3-4,6H,5H2,1-2H3,(H,13,14,15,16)/t6-/m1/s1. The molecule has 90 valence electrons. The fourth-order valence-electron chi connectivity index (χ4n) is 1.45. The van der Waals surface area contributed by atoms with Gasteiger partial charge in [-0.1, -0.05) is 12.1 Å². The number of likely N-dealkylation sites (N-methyl/N-ethyl adjacent to an activating group) is 1. The molecule has 0 bridgehead atoms. The van der Waals surface area contributed by atoms with E-state index in [1.165, 1.54) is 0 Å². The first-order valence-corrected chi connectivity index (χ1v) is 5.88. The summed E-state index contributed by atoms with van der Waals surface area (Å²) in [5, 5.41) is 13.9. The third-order valence-electron chi connectivity index (χ3n) is 2.30. The van der Waals surface area contributed by atoms with Crippen molar-refractivity contribution in [2.24, 2.45) is 0 Å². The van der Waals surface area contributed by atoms with Crippen molar-refractivity contribution in [3.8, 4) is 0 Å². The van der Waals surface area contributed by atoms with Crippen molar-refractivity contribution in [1.29, 1.82) is 0 Å². The largest absolute Gasteiger partial charge is 0.343 e. The summed E-state index contributed by atoms with van der Waals surface area (Å²) in [5.74, 6) is 1.52. The Labute approximate surface area is 107 Å². The van der Waals surface area contributed by atoms with Crippen LogP contribution in [0.15, 0.2) is 16.9 Å². The van der Waals surface area contributed by atoms with Crippen LogP contribution >= 0.6 is 15.9 Å². The fraction of sp³-hybridized carbons (Fsp3) is 0.444. The molecule has 2 aromatic rings. The number of anilines is 1. The molecule has 0 aromatic carbocycles. The Morgan fingerprint density at radius 3 is 2.71 bits per heavy atom. The predicted molar refractivity (Wildman–Crippen MR) is 65.6 cm³/mol. The molecule has 0 spiro atoms. The Kier molecular flexibility index (Phi) is 3.62. The lowest BCUT2D eigenvalue weighted by molar-refractivity contribution is 0.676. The maximum atomic E-state index is 4.22. The number of nitrogens with zero attached hydrogens (tertiary/aromatic N) is 6. The van der Waals surface area contributed by atoms with Gasteiger partial charge in [0.2, 0.25) is 5.95 Å². The van der Waals surface area contributed by atoms with Gasteiger partial charge in [0.05, 0.1) is 4.47 Å². The summed E-state index contributed by atoms with van der Waals surface area (Å²) >= 11 is 3.30. The molecule has 2 rings (SSSR count). The smallest absolute Gasteiger partial charge is 0.225 e. The molecule has 17 heavy (non-hydrogen) atoms. The van der Waals surface area contributed by atoms with E-state index >= 15 is 0 Å². The molecule has 8 heteroatoms. The Morgan fingerprint density at radius 1 is 1.41 bits per heavy atom. The molecule has 0 unspecified atom stereocenters. The number of hydrogen-bond donors (Lipinski definition) is 1. The zero-order valence-electron chi connectivity index (χ0n) is 9.50. The molecule has 1 N–H and O–H groups in total. The summed E-state index contributed by atoms with van der Waals surface area (Å²) in [5.41, 5.74) is 0. The van der Waals surface area contributed by atoms with E-state index in [0.29, 0.717) is 11.8 Å². The molecule has 1 atom stereocenters. The lowest BCUT2D eigenvalue weighted by Gasteiger charge is -2.19. The van der Waals surface area contributed by atoms with Crippen LogP contribution in [0.2, 0.25) is 0 Å². The van der Waals surface area contributed by atoms with Gasteiger partial charge in [0.15, 0.2) is 5.82 Å². The number of aromatic amines is 1. The van der Waals surface area contributed by atoms with E-state index in [0.717, 1.165) is 11.0 Å². The van der Waals surface area contributed by atoms with Crippen molar-refractivity contribution in [1.82, 2.24) is 30.6 Å². The monoisotopic (exact) mass is 297 g/mol. The number of halogens is 1. The molecule has 7 nitrogen and oxygen atoms in total. The summed E-state index contributed by atoms with van der Waals surface area (Å²) in [6.07, 6.45) is 3.44. The Balaban J connectivity index is 2.01. The van der Waals surface area contributed by atoms with Crippen LogP contribution in [0.3, 0.4) is 0 Å². The van der Waals surface area contributed by atoms with Crippen LogP contribution in [-0.2, 0) is 0 Å². The third-order valence-corrected chi connectivity index (χ3v) is 2.71. The second-order valence-corrected chi connectivity index (χ2v) is 4.67. The average Bonchev–Trinajstić information content (AvgIpc) is 2.83. The summed E-state index contributed by atoms with van der Waals surface area (Å²) < 4.78 is 0.862. The van der Waals surface area contributed by atoms with Crippen molar-refractivity contribution in [2.75, 3.05) is 18.5 Å². The van der Waals surface area contributed by atoms with Crippen molar-refractivity contribution in [3.05, 3.63) is 22.7 Å². The molecule has 0 aliphatic rings. The first kappa shape index (κ1) is 11.9. The topological polar surface area (TPSA) is 83.5 Å². The lowest BCUT2D eigenvalue weighted by Crippen LogP contribution is -2.25. The third kappa shape index (κ3) is 2.96. The summed E-state index contributed by atoms with van der Waals surface area (Å²) in [6.45, 7) is 2.75. The number of nitrogens with one attached hydrogen (secondary N) is 1. The van der Waals surface area contributed by atoms with E-state index in [4.69, 9.17) is 0 Å². The molecular formula is C9H12BrN7. The Morgan fingerprint density at radius 2 is 2.12 bits per heavy atom. The molecule has 0 amide bonds. The number of aromatic nitrogens is 6. The second-order valence-electron chi connectivity index (χ2n) is 3.75. The zero-order valence-corrected chi connectivity index (χ0v) is 11.1. The minimum absolute atomic E-state index is 0.158. The van der Waals surface area contributed by atoms with E-state index < -0.39 is 0 Å². The predicted octanol–water partition coefficient (Wildman–Crippen LogP) is 0.992. The minimum Gasteiger partial charge on any atom is -0.343 e. The van der Waals surface area contributed by atoms with Gasteiger partial charge in [0, 0.05) is 31.9 Å². The zero-order chi connectivity index (χ0) is 12.3. The number of rotatable bonds is 4. The van der Waals surface area contributed by atoms with Gasteiger partial charge in [0.1, 0.15) is 0 Å².